The minimum absolute atomic E-state index is 0.0236. The van der Waals surface area contributed by atoms with Crippen LogP contribution in [-0.4, -0.2) is 58.0 Å². The van der Waals surface area contributed by atoms with Gasteiger partial charge in [-0.05, 0) is 64.3 Å². The summed E-state index contributed by atoms with van der Waals surface area (Å²) in [6.07, 6.45) is 9.93. The van der Waals surface area contributed by atoms with Gasteiger partial charge in [-0.15, -0.1) is 0 Å². The van der Waals surface area contributed by atoms with E-state index in [4.69, 9.17) is 16.3 Å². The van der Waals surface area contributed by atoms with Crippen molar-refractivity contribution < 1.29 is 14.3 Å². The number of carbonyl (C=O) groups is 2. The molecule has 1 saturated carbocycles. The van der Waals surface area contributed by atoms with Crippen LogP contribution in [0.2, 0.25) is 5.02 Å². The fraction of sp³-hybridized carbons (Fsp3) is 0.533. The summed E-state index contributed by atoms with van der Waals surface area (Å²) < 4.78 is 6.24. The Morgan fingerprint density at radius 1 is 1.10 bits per heavy atom. The van der Waals surface area contributed by atoms with Crippen LogP contribution in [0.1, 0.15) is 71.3 Å². The first-order valence-corrected chi connectivity index (χ1v) is 14.7. The van der Waals surface area contributed by atoms with E-state index in [0.29, 0.717) is 46.9 Å². The molecule has 40 heavy (non-hydrogen) atoms. The average Bonchev–Trinajstić information content (AvgIpc) is 3.36. The third-order valence-corrected chi connectivity index (χ3v) is 7.91. The van der Waals surface area contributed by atoms with Gasteiger partial charge in [-0.2, -0.15) is 0 Å². The minimum atomic E-state index is -0.334. The second-order valence-electron chi connectivity index (χ2n) is 11.9. The zero-order chi connectivity index (χ0) is 28.3. The molecule has 9 nitrogen and oxygen atoms in total. The number of ether oxygens (including phenoxy) is 1. The molecule has 2 fully saturated rings. The first-order valence-electron chi connectivity index (χ1n) is 14.3. The van der Waals surface area contributed by atoms with E-state index in [1.165, 1.54) is 19.2 Å². The van der Waals surface area contributed by atoms with Gasteiger partial charge in [-0.25, -0.2) is 9.97 Å². The van der Waals surface area contributed by atoms with E-state index in [9.17, 15) is 9.59 Å². The number of piperidine rings is 1. The molecule has 0 atom stereocenters. The van der Waals surface area contributed by atoms with Crippen LogP contribution in [0.25, 0.3) is 6.08 Å². The molecule has 3 N–H and O–H groups in total. The van der Waals surface area contributed by atoms with Crippen molar-refractivity contribution in [2.45, 2.75) is 77.4 Å². The second-order valence-corrected chi connectivity index (χ2v) is 12.3. The molecule has 2 aliphatic heterocycles. The molecule has 2 amide bonds. The molecule has 1 aromatic heterocycles. The van der Waals surface area contributed by atoms with Crippen molar-refractivity contribution in [3.63, 3.8) is 0 Å². The van der Waals surface area contributed by atoms with Crippen LogP contribution in [0.4, 0.5) is 17.3 Å². The molecule has 1 aliphatic carbocycles. The summed E-state index contributed by atoms with van der Waals surface area (Å²) in [6.45, 7) is 7.94. The Labute approximate surface area is 241 Å². The van der Waals surface area contributed by atoms with Gasteiger partial charge in [0, 0.05) is 55.2 Å². The van der Waals surface area contributed by atoms with Crippen LogP contribution in [0.3, 0.4) is 0 Å². The molecule has 1 aromatic carbocycles. The van der Waals surface area contributed by atoms with Gasteiger partial charge in [0.15, 0.2) is 0 Å². The molecule has 3 heterocycles. The largest absolute Gasteiger partial charge is 0.489 e. The SMILES string of the molecule is CC(C)(C)NC(=O)C1=Cc2c(ncnc2Nc2ccc(OC3CCN(C(=O)C4CCCC4)CC3)c(Cl)c2)NCC1. The smallest absolute Gasteiger partial charge is 0.247 e. The monoisotopic (exact) mass is 566 g/mol. The summed E-state index contributed by atoms with van der Waals surface area (Å²) in [7, 11) is 0. The van der Waals surface area contributed by atoms with E-state index in [1.807, 2.05) is 49.9 Å². The van der Waals surface area contributed by atoms with E-state index < -0.39 is 0 Å². The molecule has 0 spiro atoms. The number of halogens is 1. The van der Waals surface area contributed by atoms with Crippen molar-refractivity contribution >= 4 is 46.8 Å². The van der Waals surface area contributed by atoms with E-state index in [1.54, 1.807) is 0 Å². The third kappa shape index (κ3) is 6.86. The lowest BCUT2D eigenvalue weighted by Gasteiger charge is -2.33. The van der Waals surface area contributed by atoms with E-state index >= 15 is 0 Å². The lowest BCUT2D eigenvalue weighted by Crippen LogP contribution is -2.44. The van der Waals surface area contributed by atoms with Crippen molar-refractivity contribution in [2.24, 2.45) is 5.92 Å². The normalized spacial score (nSPS) is 18.3. The zero-order valence-electron chi connectivity index (χ0n) is 23.6. The van der Waals surface area contributed by atoms with Crippen molar-refractivity contribution in [3.8, 4) is 5.75 Å². The number of benzene rings is 1. The Bertz CT molecular complexity index is 1280. The maximum Gasteiger partial charge on any atom is 0.247 e. The van der Waals surface area contributed by atoms with Crippen LogP contribution >= 0.6 is 11.6 Å². The summed E-state index contributed by atoms with van der Waals surface area (Å²) in [5.74, 6) is 2.30. The van der Waals surface area contributed by atoms with Crippen molar-refractivity contribution in [1.82, 2.24) is 20.2 Å². The van der Waals surface area contributed by atoms with Gasteiger partial charge in [-0.3, -0.25) is 9.59 Å². The first kappa shape index (κ1) is 28.2. The summed E-state index contributed by atoms with van der Waals surface area (Å²) in [6, 6.07) is 5.57. The quantitative estimate of drug-likeness (QED) is 0.421. The summed E-state index contributed by atoms with van der Waals surface area (Å²) in [4.78, 5) is 36.5. The number of anilines is 3. The van der Waals surface area contributed by atoms with E-state index in [0.717, 1.165) is 50.0 Å². The Balaban J connectivity index is 1.24. The van der Waals surface area contributed by atoms with Crippen LogP contribution in [0.15, 0.2) is 30.1 Å². The van der Waals surface area contributed by atoms with Crippen LogP contribution in [0, 0.1) is 5.92 Å². The van der Waals surface area contributed by atoms with Gasteiger partial charge in [0.25, 0.3) is 0 Å². The van der Waals surface area contributed by atoms with Crippen LogP contribution in [0.5, 0.6) is 5.75 Å². The highest BCUT2D eigenvalue weighted by atomic mass is 35.5. The number of nitrogens with one attached hydrogen (secondary N) is 3. The Morgan fingerprint density at radius 2 is 1.85 bits per heavy atom. The number of likely N-dealkylation sites (tertiary alicyclic amines) is 1. The number of fused-ring (bicyclic) bond motifs is 1. The van der Waals surface area contributed by atoms with E-state index in [2.05, 4.69) is 25.9 Å². The number of rotatable bonds is 6. The van der Waals surface area contributed by atoms with Crippen LogP contribution in [-0.2, 0) is 9.59 Å². The highest BCUT2D eigenvalue weighted by molar-refractivity contribution is 6.32. The zero-order valence-corrected chi connectivity index (χ0v) is 24.3. The van der Waals surface area contributed by atoms with E-state index in [-0.39, 0.29) is 23.5 Å². The molecular weight excluding hydrogens is 528 g/mol. The fourth-order valence-electron chi connectivity index (χ4n) is 5.55. The van der Waals surface area contributed by atoms with Crippen molar-refractivity contribution in [1.29, 1.82) is 0 Å². The van der Waals surface area contributed by atoms with Gasteiger partial charge >= 0.3 is 0 Å². The molecule has 0 unspecified atom stereocenters. The molecule has 0 radical (unpaired) electrons. The minimum Gasteiger partial charge on any atom is -0.489 e. The standard InChI is InChI=1S/C30H39ClN6O3/c1-30(2,3)36-28(38)20-10-13-32-26-23(16-20)27(34-18-33-26)35-21-8-9-25(24(31)17-21)40-22-11-14-37(15-12-22)29(39)19-6-4-5-7-19/h8-9,16-19,22H,4-7,10-15H2,1-3H3,(H,36,38)(H2,32,33,34,35). The van der Waals surface area contributed by atoms with Gasteiger partial charge in [0.1, 0.15) is 29.8 Å². The number of amides is 2. The summed E-state index contributed by atoms with van der Waals surface area (Å²) in [5, 5.41) is 10.2. The predicted molar refractivity (Wildman–Crippen MR) is 158 cm³/mol. The molecule has 0 bridgehead atoms. The first-order chi connectivity index (χ1) is 19.2. The highest BCUT2D eigenvalue weighted by Crippen LogP contribution is 2.34. The maximum atomic E-state index is 12.9. The van der Waals surface area contributed by atoms with Gasteiger partial charge in [-0.1, -0.05) is 24.4 Å². The average molecular weight is 567 g/mol. The summed E-state index contributed by atoms with van der Waals surface area (Å²) in [5.41, 5.74) is 1.79. The Kier molecular flexibility index (Phi) is 8.49. The fourth-order valence-corrected chi connectivity index (χ4v) is 5.78. The Hall–Kier alpha value is -3.33. The number of aromatic nitrogens is 2. The third-order valence-electron chi connectivity index (χ3n) is 7.62. The lowest BCUT2D eigenvalue weighted by atomic mass is 10.0. The second kappa shape index (κ2) is 12.0. The molecule has 214 valence electrons. The predicted octanol–water partition coefficient (Wildman–Crippen LogP) is 5.55. The number of hydrogen-bond acceptors (Lipinski definition) is 7. The molecule has 3 aliphatic rings. The van der Waals surface area contributed by atoms with Crippen LogP contribution < -0.4 is 20.7 Å². The highest BCUT2D eigenvalue weighted by Gasteiger charge is 2.31. The van der Waals surface area contributed by atoms with Gasteiger partial charge in [0.05, 0.1) is 10.6 Å². The molecule has 1 saturated heterocycles. The molecule has 5 rings (SSSR count). The van der Waals surface area contributed by atoms with Crippen molar-refractivity contribution in [3.05, 3.63) is 40.7 Å². The molecule has 10 heteroatoms. The van der Waals surface area contributed by atoms with Gasteiger partial charge < -0.3 is 25.6 Å². The topological polar surface area (TPSA) is 108 Å². The number of hydrogen-bond donors (Lipinski definition) is 3. The number of nitrogens with zero attached hydrogens (tertiary/aromatic N) is 3. The van der Waals surface area contributed by atoms with Crippen molar-refractivity contribution in [2.75, 3.05) is 30.3 Å². The number of carbonyl (C=O) groups excluding carboxylic acids is 2. The summed E-state index contributed by atoms with van der Waals surface area (Å²) >= 11 is 6.64. The lowest BCUT2D eigenvalue weighted by molar-refractivity contribution is -0.137. The Morgan fingerprint density at radius 3 is 2.55 bits per heavy atom. The molecular formula is C30H39ClN6O3. The van der Waals surface area contributed by atoms with Gasteiger partial charge in [0.2, 0.25) is 11.8 Å². The maximum absolute atomic E-state index is 12.9. The molecule has 2 aromatic rings.